The molecule has 1 aromatic heterocycles. The first-order chi connectivity index (χ1) is 10.8. The van der Waals surface area contributed by atoms with E-state index in [2.05, 4.69) is 27.0 Å². The highest BCUT2D eigenvalue weighted by atomic mass is 32.1. The van der Waals surface area contributed by atoms with Crippen molar-refractivity contribution in [3.8, 4) is 0 Å². The second kappa shape index (κ2) is 7.67. The molecule has 0 aliphatic carbocycles. The fraction of sp³-hybridized carbons (Fsp3) is 0.375. The fourth-order valence-electron chi connectivity index (χ4n) is 2.42. The summed E-state index contributed by atoms with van der Waals surface area (Å²) >= 11 is 6.91. The lowest BCUT2D eigenvalue weighted by molar-refractivity contribution is 0.114. The summed E-state index contributed by atoms with van der Waals surface area (Å²) in [4.78, 5) is 5.43. The van der Waals surface area contributed by atoms with Crippen molar-refractivity contribution < 1.29 is 4.74 Å². The summed E-state index contributed by atoms with van der Waals surface area (Å²) < 4.78 is 7.69. The van der Waals surface area contributed by atoms with E-state index in [1.807, 2.05) is 29.8 Å². The van der Waals surface area contributed by atoms with Crippen molar-refractivity contribution in [1.29, 1.82) is 0 Å². The molecule has 1 N–H and O–H groups in total. The highest BCUT2D eigenvalue weighted by molar-refractivity contribution is 7.80. The third kappa shape index (κ3) is 4.25. The molecule has 1 aliphatic heterocycles. The predicted octanol–water partition coefficient (Wildman–Crippen LogP) is 2.55. The standard InChI is InChI=1S/C16H19N3OS2/c21-15(17-11-14-7-4-9-20-14)18-16-19(8-10-22-16)12-13-5-2-1-3-6-13/h1-3,5-6,8,10,14H,4,7,9,11-12H2,(H,17,21)/b18-16-. The van der Waals surface area contributed by atoms with Crippen molar-refractivity contribution in [1.82, 2.24) is 9.88 Å². The Morgan fingerprint density at radius 2 is 2.27 bits per heavy atom. The van der Waals surface area contributed by atoms with Gasteiger partial charge in [-0.15, -0.1) is 11.3 Å². The van der Waals surface area contributed by atoms with E-state index in [4.69, 9.17) is 17.0 Å². The topological polar surface area (TPSA) is 38.5 Å². The molecule has 0 amide bonds. The fourth-order valence-corrected chi connectivity index (χ4v) is 3.38. The van der Waals surface area contributed by atoms with E-state index in [1.54, 1.807) is 11.3 Å². The van der Waals surface area contributed by atoms with Gasteiger partial charge in [0.05, 0.1) is 6.10 Å². The summed E-state index contributed by atoms with van der Waals surface area (Å²) in [5, 5.41) is 5.75. The zero-order valence-electron chi connectivity index (χ0n) is 12.3. The van der Waals surface area contributed by atoms with Gasteiger partial charge in [0, 0.05) is 31.3 Å². The Kier molecular flexibility index (Phi) is 5.37. The van der Waals surface area contributed by atoms with Crippen molar-refractivity contribution in [2.45, 2.75) is 25.5 Å². The summed E-state index contributed by atoms with van der Waals surface area (Å²) in [5.41, 5.74) is 1.25. The van der Waals surface area contributed by atoms with E-state index < -0.39 is 0 Å². The Hall–Kier alpha value is -1.50. The highest BCUT2D eigenvalue weighted by Crippen LogP contribution is 2.10. The zero-order chi connectivity index (χ0) is 15.2. The van der Waals surface area contributed by atoms with Gasteiger partial charge in [-0.05, 0) is 30.6 Å². The van der Waals surface area contributed by atoms with E-state index >= 15 is 0 Å². The molecule has 2 heterocycles. The van der Waals surface area contributed by atoms with Crippen LogP contribution < -0.4 is 10.1 Å². The predicted molar refractivity (Wildman–Crippen MR) is 93.0 cm³/mol. The van der Waals surface area contributed by atoms with Gasteiger partial charge < -0.3 is 14.6 Å². The van der Waals surface area contributed by atoms with Crippen molar-refractivity contribution in [2.75, 3.05) is 13.2 Å². The molecular formula is C16H19N3OS2. The van der Waals surface area contributed by atoms with Crippen molar-refractivity contribution in [2.24, 2.45) is 4.99 Å². The summed E-state index contributed by atoms with van der Waals surface area (Å²) in [7, 11) is 0. The van der Waals surface area contributed by atoms with Crippen LogP contribution in [0.15, 0.2) is 46.9 Å². The van der Waals surface area contributed by atoms with Gasteiger partial charge in [0.25, 0.3) is 0 Å². The first-order valence-electron chi connectivity index (χ1n) is 7.43. The van der Waals surface area contributed by atoms with Gasteiger partial charge in [0.2, 0.25) is 0 Å². The van der Waals surface area contributed by atoms with Crippen LogP contribution in [-0.4, -0.2) is 28.9 Å². The number of hydrogen-bond donors (Lipinski definition) is 1. The lowest BCUT2D eigenvalue weighted by atomic mass is 10.2. The third-order valence-corrected chi connectivity index (χ3v) is 4.59. The maximum absolute atomic E-state index is 5.57. The van der Waals surface area contributed by atoms with Crippen LogP contribution in [0.1, 0.15) is 18.4 Å². The second-order valence-corrected chi connectivity index (χ2v) is 6.49. The van der Waals surface area contributed by atoms with Gasteiger partial charge in [-0.3, -0.25) is 0 Å². The number of thiazole rings is 1. The van der Waals surface area contributed by atoms with Crippen molar-refractivity contribution in [3.05, 3.63) is 52.3 Å². The minimum atomic E-state index is 0.271. The van der Waals surface area contributed by atoms with Crippen LogP contribution in [0.3, 0.4) is 0 Å². The molecule has 22 heavy (non-hydrogen) atoms. The molecule has 4 nitrogen and oxygen atoms in total. The molecule has 3 rings (SSSR count). The summed E-state index contributed by atoms with van der Waals surface area (Å²) in [5.74, 6) is 0. The Morgan fingerprint density at radius 3 is 3.05 bits per heavy atom. The molecule has 1 fully saturated rings. The number of thiocarbonyl (C=S) groups is 1. The SMILES string of the molecule is S=C(/N=c1\sccn1Cc1ccccc1)NCC1CCCO1. The minimum Gasteiger partial charge on any atom is -0.376 e. The van der Waals surface area contributed by atoms with E-state index in [0.29, 0.717) is 5.11 Å². The molecule has 2 aromatic rings. The number of hydrogen-bond acceptors (Lipinski definition) is 3. The normalized spacial score (nSPS) is 18.5. The maximum atomic E-state index is 5.57. The molecule has 1 aliphatic rings. The van der Waals surface area contributed by atoms with Gasteiger partial charge in [0.15, 0.2) is 9.91 Å². The average Bonchev–Trinajstić information content (AvgIpc) is 3.19. The Morgan fingerprint density at radius 1 is 1.41 bits per heavy atom. The van der Waals surface area contributed by atoms with Gasteiger partial charge in [-0.25, -0.2) is 0 Å². The quantitative estimate of drug-likeness (QED) is 0.874. The maximum Gasteiger partial charge on any atom is 0.195 e. The Labute approximate surface area is 139 Å². The van der Waals surface area contributed by atoms with Gasteiger partial charge in [-0.2, -0.15) is 4.99 Å². The lowest BCUT2D eigenvalue weighted by Crippen LogP contribution is -2.31. The number of rotatable bonds is 4. The molecule has 1 saturated heterocycles. The van der Waals surface area contributed by atoms with Crippen LogP contribution >= 0.6 is 23.6 Å². The molecule has 1 atom stereocenters. The number of benzene rings is 1. The van der Waals surface area contributed by atoms with E-state index in [-0.39, 0.29) is 6.10 Å². The first kappa shape index (κ1) is 15.4. The molecule has 0 spiro atoms. The smallest absolute Gasteiger partial charge is 0.195 e. The average molecular weight is 333 g/mol. The Balaban J connectivity index is 1.63. The number of nitrogens with zero attached hydrogens (tertiary/aromatic N) is 2. The van der Waals surface area contributed by atoms with Crippen LogP contribution in [0, 0.1) is 0 Å². The zero-order valence-corrected chi connectivity index (χ0v) is 13.9. The molecule has 0 bridgehead atoms. The molecule has 0 saturated carbocycles. The largest absolute Gasteiger partial charge is 0.376 e. The van der Waals surface area contributed by atoms with Crippen LogP contribution in [0.4, 0.5) is 0 Å². The van der Waals surface area contributed by atoms with Gasteiger partial charge in [-0.1, -0.05) is 30.3 Å². The lowest BCUT2D eigenvalue weighted by Gasteiger charge is -2.10. The summed E-state index contributed by atoms with van der Waals surface area (Å²) in [6.45, 7) is 2.40. The molecule has 1 unspecified atom stereocenters. The highest BCUT2D eigenvalue weighted by Gasteiger charge is 2.15. The van der Waals surface area contributed by atoms with Gasteiger partial charge >= 0.3 is 0 Å². The van der Waals surface area contributed by atoms with E-state index in [0.717, 1.165) is 37.3 Å². The van der Waals surface area contributed by atoms with Crippen molar-refractivity contribution >= 4 is 28.7 Å². The monoisotopic (exact) mass is 333 g/mol. The van der Waals surface area contributed by atoms with Crippen molar-refractivity contribution in [3.63, 3.8) is 0 Å². The number of aromatic nitrogens is 1. The van der Waals surface area contributed by atoms with Crippen LogP contribution in [0.5, 0.6) is 0 Å². The molecule has 116 valence electrons. The first-order valence-corrected chi connectivity index (χ1v) is 8.72. The second-order valence-electron chi connectivity index (χ2n) is 5.23. The summed E-state index contributed by atoms with van der Waals surface area (Å²) in [6, 6.07) is 10.3. The van der Waals surface area contributed by atoms with E-state index in [1.165, 1.54) is 5.56 Å². The molecular weight excluding hydrogens is 314 g/mol. The van der Waals surface area contributed by atoms with Crippen LogP contribution in [-0.2, 0) is 11.3 Å². The van der Waals surface area contributed by atoms with Crippen LogP contribution in [0.25, 0.3) is 0 Å². The van der Waals surface area contributed by atoms with E-state index in [9.17, 15) is 0 Å². The molecule has 6 heteroatoms. The minimum absolute atomic E-state index is 0.271. The third-order valence-electron chi connectivity index (χ3n) is 3.56. The molecule has 1 aromatic carbocycles. The van der Waals surface area contributed by atoms with Crippen LogP contribution in [0.2, 0.25) is 0 Å². The Bertz CT molecular complexity index is 672. The number of ether oxygens (including phenoxy) is 1. The molecule has 0 radical (unpaired) electrons. The number of nitrogens with one attached hydrogen (secondary N) is 1. The van der Waals surface area contributed by atoms with Gasteiger partial charge in [0.1, 0.15) is 0 Å². The summed E-state index contributed by atoms with van der Waals surface area (Å²) in [6.07, 6.45) is 4.55.